The van der Waals surface area contributed by atoms with Crippen LogP contribution in [0.5, 0.6) is 0 Å². The van der Waals surface area contributed by atoms with Gasteiger partial charge in [-0.15, -0.1) is 11.3 Å². The summed E-state index contributed by atoms with van der Waals surface area (Å²) in [5, 5.41) is 3.25. The highest BCUT2D eigenvalue weighted by Crippen LogP contribution is 2.26. The Morgan fingerprint density at radius 1 is 1.56 bits per heavy atom. The van der Waals surface area contributed by atoms with Crippen LogP contribution in [0.2, 0.25) is 0 Å². The van der Waals surface area contributed by atoms with Gasteiger partial charge in [-0.3, -0.25) is 4.90 Å². The van der Waals surface area contributed by atoms with Gasteiger partial charge in [0.05, 0.1) is 42.5 Å². The molecule has 18 heavy (non-hydrogen) atoms. The standard InChI is InChI=1S/C13H16N2O2S/c1-10-14-12(9-18-10)13-8-17-5-3-15(13)6-11-2-4-16-7-11/h2,4,7,9,13H,3,5-6,8H2,1H3/t13-/m0/s1. The summed E-state index contributed by atoms with van der Waals surface area (Å²) in [4.78, 5) is 6.99. The molecule has 1 atom stereocenters. The summed E-state index contributed by atoms with van der Waals surface area (Å²) in [5.74, 6) is 0. The maximum atomic E-state index is 5.59. The summed E-state index contributed by atoms with van der Waals surface area (Å²) in [7, 11) is 0. The second-order valence-electron chi connectivity index (χ2n) is 4.48. The topological polar surface area (TPSA) is 38.5 Å². The fraction of sp³-hybridized carbons (Fsp3) is 0.462. The van der Waals surface area contributed by atoms with Crippen LogP contribution in [0.4, 0.5) is 0 Å². The molecule has 2 aromatic rings. The van der Waals surface area contributed by atoms with Gasteiger partial charge in [-0.05, 0) is 13.0 Å². The Balaban J connectivity index is 1.77. The molecular weight excluding hydrogens is 248 g/mol. The third-order valence-electron chi connectivity index (χ3n) is 3.18. The highest BCUT2D eigenvalue weighted by atomic mass is 32.1. The third kappa shape index (κ3) is 2.48. The van der Waals surface area contributed by atoms with Crippen molar-refractivity contribution in [2.75, 3.05) is 19.8 Å². The molecule has 1 aliphatic rings. The van der Waals surface area contributed by atoms with Gasteiger partial charge in [-0.25, -0.2) is 4.98 Å². The maximum Gasteiger partial charge on any atom is 0.0947 e. The van der Waals surface area contributed by atoms with Gasteiger partial charge in [0.1, 0.15) is 0 Å². The number of rotatable bonds is 3. The summed E-state index contributed by atoms with van der Waals surface area (Å²) in [6, 6.07) is 2.28. The van der Waals surface area contributed by atoms with Crippen LogP contribution in [0.15, 0.2) is 28.4 Å². The number of hydrogen-bond donors (Lipinski definition) is 0. The Hall–Kier alpha value is -1.17. The molecule has 3 rings (SSSR count). The quantitative estimate of drug-likeness (QED) is 0.854. The molecule has 0 N–H and O–H groups in total. The van der Waals surface area contributed by atoms with Gasteiger partial charge < -0.3 is 9.15 Å². The fourth-order valence-electron chi connectivity index (χ4n) is 2.25. The normalized spacial score (nSPS) is 21.3. The Morgan fingerprint density at radius 2 is 2.50 bits per heavy atom. The molecule has 4 nitrogen and oxygen atoms in total. The first kappa shape index (κ1) is 11.9. The second kappa shape index (κ2) is 5.22. The van der Waals surface area contributed by atoms with E-state index in [2.05, 4.69) is 15.3 Å². The number of thiazole rings is 1. The molecule has 1 aliphatic heterocycles. The van der Waals surface area contributed by atoms with Gasteiger partial charge in [0.2, 0.25) is 0 Å². The second-order valence-corrected chi connectivity index (χ2v) is 5.55. The fourth-order valence-corrected chi connectivity index (χ4v) is 2.91. The van der Waals surface area contributed by atoms with Gasteiger partial charge in [-0.1, -0.05) is 0 Å². The lowest BCUT2D eigenvalue weighted by molar-refractivity contribution is -0.0141. The lowest BCUT2D eigenvalue weighted by atomic mass is 10.1. The highest BCUT2D eigenvalue weighted by Gasteiger charge is 2.26. The van der Waals surface area contributed by atoms with Crippen molar-refractivity contribution in [3.05, 3.63) is 40.2 Å². The molecule has 0 bridgehead atoms. The van der Waals surface area contributed by atoms with Gasteiger partial charge in [0.25, 0.3) is 0 Å². The zero-order valence-corrected chi connectivity index (χ0v) is 11.2. The summed E-state index contributed by atoms with van der Waals surface area (Å²) >= 11 is 1.70. The Bertz CT molecular complexity index is 495. The van der Waals surface area contributed by atoms with Crippen LogP contribution in [0, 0.1) is 6.92 Å². The van der Waals surface area contributed by atoms with Crippen molar-refractivity contribution in [3.8, 4) is 0 Å². The molecule has 0 amide bonds. The van der Waals surface area contributed by atoms with Gasteiger partial charge in [0, 0.05) is 24.0 Å². The van der Waals surface area contributed by atoms with Crippen LogP contribution in [0.25, 0.3) is 0 Å². The van der Waals surface area contributed by atoms with E-state index >= 15 is 0 Å². The zero-order chi connectivity index (χ0) is 12.4. The molecule has 0 saturated carbocycles. The number of hydrogen-bond acceptors (Lipinski definition) is 5. The van der Waals surface area contributed by atoms with Crippen molar-refractivity contribution in [2.24, 2.45) is 0 Å². The maximum absolute atomic E-state index is 5.59. The molecule has 0 radical (unpaired) electrons. The molecule has 0 aromatic carbocycles. The average Bonchev–Trinajstić information content (AvgIpc) is 3.02. The predicted molar refractivity (Wildman–Crippen MR) is 69.5 cm³/mol. The van der Waals surface area contributed by atoms with Gasteiger partial charge >= 0.3 is 0 Å². The number of furan rings is 1. The van der Waals surface area contributed by atoms with Crippen molar-refractivity contribution >= 4 is 11.3 Å². The summed E-state index contributed by atoms with van der Waals surface area (Å²) in [6.45, 7) is 5.38. The minimum Gasteiger partial charge on any atom is -0.472 e. The zero-order valence-electron chi connectivity index (χ0n) is 10.3. The van der Waals surface area contributed by atoms with Crippen LogP contribution in [0.1, 0.15) is 22.3 Å². The summed E-state index contributed by atoms with van der Waals surface area (Å²) in [5.41, 5.74) is 2.33. The first-order valence-electron chi connectivity index (χ1n) is 6.08. The Kier molecular flexibility index (Phi) is 3.45. The minimum atomic E-state index is 0.263. The van der Waals surface area contributed by atoms with Crippen molar-refractivity contribution in [2.45, 2.75) is 19.5 Å². The predicted octanol–water partition coefficient (Wildman–Crippen LogP) is 2.62. The lowest BCUT2D eigenvalue weighted by Gasteiger charge is -2.34. The SMILES string of the molecule is Cc1nc([C@@H]2COCCN2Cc2ccoc2)cs1. The number of morpholine rings is 1. The Morgan fingerprint density at radius 3 is 3.22 bits per heavy atom. The van der Waals surface area contributed by atoms with Crippen molar-refractivity contribution in [1.29, 1.82) is 0 Å². The van der Waals surface area contributed by atoms with E-state index in [0.29, 0.717) is 0 Å². The molecular formula is C13H16N2O2S. The molecule has 0 spiro atoms. The first-order chi connectivity index (χ1) is 8.83. The minimum absolute atomic E-state index is 0.263. The number of nitrogens with zero attached hydrogens (tertiary/aromatic N) is 2. The van der Waals surface area contributed by atoms with Crippen molar-refractivity contribution in [1.82, 2.24) is 9.88 Å². The van der Waals surface area contributed by atoms with Crippen LogP contribution in [-0.4, -0.2) is 29.6 Å². The van der Waals surface area contributed by atoms with Crippen LogP contribution >= 0.6 is 11.3 Å². The third-order valence-corrected chi connectivity index (χ3v) is 3.98. The molecule has 2 aromatic heterocycles. The van der Waals surface area contributed by atoms with Gasteiger partial charge in [-0.2, -0.15) is 0 Å². The molecule has 96 valence electrons. The van der Waals surface area contributed by atoms with Crippen LogP contribution < -0.4 is 0 Å². The average molecular weight is 264 g/mol. The van der Waals surface area contributed by atoms with Gasteiger partial charge in [0.15, 0.2) is 0 Å². The molecule has 3 heterocycles. The molecule has 0 unspecified atom stereocenters. The number of aryl methyl sites for hydroxylation is 1. The monoisotopic (exact) mass is 264 g/mol. The number of aromatic nitrogens is 1. The van der Waals surface area contributed by atoms with E-state index < -0.39 is 0 Å². The van der Waals surface area contributed by atoms with E-state index in [1.54, 1.807) is 23.9 Å². The lowest BCUT2D eigenvalue weighted by Crippen LogP contribution is -2.39. The van der Waals surface area contributed by atoms with E-state index in [1.165, 1.54) is 5.56 Å². The van der Waals surface area contributed by atoms with Crippen molar-refractivity contribution in [3.63, 3.8) is 0 Å². The van der Waals surface area contributed by atoms with Crippen LogP contribution in [-0.2, 0) is 11.3 Å². The summed E-state index contributed by atoms with van der Waals surface area (Å²) < 4.78 is 10.7. The molecule has 1 saturated heterocycles. The highest BCUT2D eigenvalue weighted by molar-refractivity contribution is 7.09. The van der Waals surface area contributed by atoms with E-state index in [4.69, 9.17) is 9.15 Å². The number of ether oxygens (including phenoxy) is 1. The Labute approximate surface area is 110 Å². The smallest absolute Gasteiger partial charge is 0.0947 e. The van der Waals surface area contributed by atoms with Crippen molar-refractivity contribution < 1.29 is 9.15 Å². The summed E-state index contributed by atoms with van der Waals surface area (Å²) in [6.07, 6.45) is 3.52. The largest absolute Gasteiger partial charge is 0.472 e. The van der Waals surface area contributed by atoms with E-state index in [-0.39, 0.29) is 6.04 Å². The van der Waals surface area contributed by atoms with E-state index in [0.717, 1.165) is 37.0 Å². The first-order valence-corrected chi connectivity index (χ1v) is 6.96. The molecule has 5 heteroatoms. The van der Waals surface area contributed by atoms with Crippen LogP contribution in [0.3, 0.4) is 0 Å². The van der Waals surface area contributed by atoms with E-state index in [9.17, 15) is 0 Å². The van der Waals surface area contributed by atoms with E-state index in [1.807, 2.05) is 13.0 Å². The molecule has 1 fully saturated rings. The molecule has 0 aliphatic carbocycles.